The highest BCUT2D eigenvalue weighted by atomic mass is 19.4. The van der Waals surface area contributed by atoms with Gasteiger partial charge in [-0.05, 0) is 43.3 Å². The van der Waals surface area contributed by atoms with Crippen molar-refractivity contribution in [3.8, 4) is 6.07 Å². The first-order chi connectivity index (χ1) is 15.1. The van der Waals surface area contributed by atoms with E-state index in [4.69, 9.17) is 10.00 Å². The summed E-state index contributed by atoms with van der Waals surface area (Å²) in [7, 11) is 0. The second-order valence-corrected chi connectivity index (χ2v) is 6.62. The number of alkyl halides is 3. The van der Waals surface area contributed by atoms with Crippen LogP contribution in [0.25, 0.3) is 0 Å². The standard InChI is InChI=1S/C22H20F3N3O4/c1-15(21(31)28(13-5-12-26)18-6-3-2-4-7-18)32-19(29)14-27-20(30)16-8-10-17(11-9-16)22(23,24)25/h2-4,6-11,15H,5,13-14H2,1H3,(H,27,30). The molecule has 2 aromatic carbocycles. The Hall–Kier alpha value is -3.87. The molecule has 2 aromatic rings. The van der Waals surface area contributed by atoms with Crippen LogP contribution in [0, 0.1) is 11.3 Å². The number of ether oxygens (including phenoxy) is 1. The quantitative estimate of drug-likeness (QED) is 0.626. The number of nitriles is 1. The number of esters is 1. The van der Waals surface area contributed by atoms with E-state index < -0.39 is 42.2 Å². The predicted molar refractivity (Wildman–Crippen MR) is 108 cm³/mol. The number of nitrogens with zero attached hydrogens (tertiary/aromatic N) is 2. The summed E-state index contributed by atoms with van der Waals surface area (Å²) in [5.41, 5.74) is -0.437. The van der Waals surface area contributed by atoms with Gasteiger partial charge in [0.2, 0.25) is 0 Å². The minimum absolute atomic E-state index is 0.0679. The number of anilines is 1. The van der Waals surface area contributed by atoms with Gasteiger partial charge in [0.15, 0.2) is 6.10 Å². The van der Waals surface area contributed by atoms with Crippen LogP contribution in [0.3, 0.4) is 0 Å². The van der Waals surface area contributed by atoms with Crippen molar-refractivity contribution in [3.63, 3.8) is 0 Å². The van der Waals surface area contributed by atoms with Gasteiger partial charge in [-0.2, -0.15) is 18.4 Å². The highest BCUT2D eigenvalue weighted by molar-refractivity contribution is 5.98. The lowest BCUT2D eigenvalue weighted by Crippen LogP contribution is -2.42. The smallest absolute Gasteiger partial charge is 0.416 e. The molecule has 1 unspecified atom stereocenters. The number of amides is 2. The summed E-state index contributed by atoms with van der Waals surface area (Å²) in [6.45, 7) is 0.882. The predicted octanol–water partition coefficient (Wildman–Crippen LogP) is 3.31. The molecule has 0 saturated carbocycles. The molecule has 0 aliphatic rings. The van der Waals surface area contributed by atoms with Gasteiger partial charge in [-0.3, -0.25) is 14.4 Å². The van der Waals surface area contributed by atoms with Crippen molar-refractivity contribution in [1.82, 2.24) is 5.32 Å². The Morgan fingerprint density at radius 1 is 1.09 bits per heavy atom. The Morgan fingerprint density at radius 3 is 2.28 bits per heavy atom. The normalized spacial score (nSPS) is 11.7. The van der Waals surface area contributed by atoms with Crippen molar-refractivity contribution in [3.05, 3.63) is 65.7 Å². The number of para-hydroxylation sites is 1. The van der Waals surface area contributed by atoms with E-state index in [0.29, 0.717) is 5.69 Å². The molecule has 7 nitrogen and oxygen atoms in total. The van der Waals surface area contributed by atoms with Gasteiger partial charge >= 0.3 is 12.1 Å². The molecule has 2 amide bonds. The third-order valence-electron chi connectivity index (χ3n) is 4.30. The average molecular weight is 447 g/mol. The average Bonchev–Trinajstić information content (AvgIpc) is 2.77. The summed E-state index contributed by atoms with van der Waals surface area (Å²) in [4.78, 5) is 38.1. The first kappa shape index (κ1) is 24.4. The Morgan fingerprint density at radius 2 is 1.72 bits per heavy atom. The zero-order chi connectivity index (χ0) is 23.7. The molecular weight excluding hydrogens is 427 g/mol. The van der Waals surface area contributed by atoms with Gasteiger partial charge in [-0.15, -0.1) is 0 Å². The summed E-state index contributed by atoms with van der Waals surface area (Å²) in [5.74, 6) is -2.22. The highest BCUT2D eigenvalue weighted by Crippen LogP contribution is 2.29. The summed E-state index contributed by atoms with van der Waals surface area (Å²) >= 11 is 0. The Labute approximate surface area is 182 Å². The van der Waals surface area contributed by atoms with Crippen LogP contribution < -0.4 is 10.2 Å². The number of benzene rings is 2. The summed E-state index contributed by atoms with van der Waals surface area (Å²) in [5, 5.41) is 11.1. The third-order valence-corrected chi connectivity index (χ3v) is 4.30. The fourth-order valence-corrected chi connectivity index (χ4v) is 2.71. The van der Waals surface area contributed by atoms with Gasteiger partial charge in [0, 0.05) is 17.8 Å². The van der Waals surface area contributed by atoms with Crippen molar-refractivity contribution in [1.29, 1.82) is 5.26 Å². The molecular formula is C22H20F3N3O4. The highest BCUT2D eigenvalue weighted by Gasteiger charge is 2.30. The van der Waals surface area contributed by atoms with E-state index in [-0.39, 0.29) is 18.5 Å². The molecule has 0 aliphatic heterocycles. The van der Waals surface area contributed by atoms with E-state index in [9.17, 15) is 27.6 Å². The number of nitrogens with one attached hydrogen (secondary N) is 1. The van der Waals surface area contributed by atoms with E-state index in [1.54, 1.807) is 30.3 Å². The molecule has 0 fully saturated rings. The number of halogens is 3. The molecule has 0 radical (unpaired) electrons. The van der Waals surface area contributed by atoms with Gasteiger partial charge in [0.25, 0.3) is 11.8 Å². The monoisotopic (exact) mass is 447 g/mol. The summed E-state index contributed by atoms with van der Waals surface area (Å²) < 4.78 is 42.8. The fourth-order valence-electron chi connectivity index (χ4n) is 2.71. The molecule has 0 aromatic heterocycles. The fraction of sp³-hybridized carbons (Fsp3) is 0.273. The van der Waals surface area contributed by atoms with Gasteiger partial charge in [0.05, 0.1) is 18.1 Å². The van der Waals surface area contributed by atoms with E-state index in [1.165, 1.54) is 11.8 Å². The minimum Gasteiger partial charge on any atom is -0.451 e. The Kier molecular flexibility index (Phi) is 8.35. The van der Waals surface area contributed by atoms with Crippen LogP contribution in [0.4, 0.5) is 18.9 Å². The number of carbonyl (C=O) groups excluding carboxylic acids is 3. The molecule has 10 heteroatoms. The van der Waals surface area contributed by atoms with Crippen molar-refractivity contribution in [2.24, 2.45) is 0 Å². The molecule has 1 N–H and O–H groups in total. The molecule has 0 bridgehead atoms. The van der Waals surface area contributed by atoms with Crippen LogP contribution in [0.2, 0.25) is 0 Å². The lowest BCUT2D eigenvalue weighted by Gasteiger charge is -2.25. The van der Waals surface area contributed by atoms with Crippen molar-refractivity contribution in [2.45, 2.75) is 25.6 Å². The topological polar surface area (TPSA) is 99.5 Å². The lowest BCUT2D eigenvalue weighted by atomic mass is 10.1. The first-order valence-corrected chi connectivity index (χ1v) is 9.51. The maximum absolute atomic E-state index is 12.7. The molecule has 0 saturated heterocycles. The van der Waals surface area contributed by atoms with Crippen molar-refractivity contribution >= 4 is 23.5 Å². The van der Waals surface area contributed by atoms with Crippen LogP contribution in [0.15, 0.2) is 54.6 Å². The van der Waals surface area contributed by atoms with E-state index in [2.05, 4.69) is 5.32 Å². The maximum Gasteiger partial charge on any atom is 0.416 e. The molecule has 168 valence electrons. The number of hydrogen-bond donors (Lipinski definition) is 1. The third kappa shape index (κ3) is 6.84. The molecule has 0 heterocycles. The molecule has 0 spiro atoms. The Bertz CT molecular complexity index is 986. The molecule has 1 atom stereocenters. The number of carbonyl (C=O) groups is 3. The van der Waals surface area contributed by atoms with Gasteiger partial charge in [0.1, 0.15) is 6.54 Å². The van der Waals surface area contributed by atoms with E-state index in [0.717, 1.165) is 24.3 Å². The van der Waals surface area contributed by atoms with Crippen LogP contribution in [0.5, 0.6) is 0 Å². The molecule has 32 heavy (non-hydrogen) atoms. The zero-order valence-electron chi connectivity index (χ0n) is 17.1. The van der Waals surface area contributed by atoms with Crippen LogP contribution in [-0.4, -0.2) is 37.0 Å². The second kappa shape index (κ2) is 10.9. The minimum atomic E-state index is -4.53. The summed E-state index contributed by atoms with van der Waals surface area (Å²) in [6, 6.07) is 14.0. The van der Waals surface area contributed by atoms with Gasteiger partial charge < -0.3 is 15.0 Å². The summed E-state index contributed by atoms with van der Waals surface area (Å²) in [6.07, 6.45) is -5.64. The largest absolute Gasteiger partial charge is 0.451 e. The number of hydrogen-bond acceptors (Lipinski definition) is 5. The van der Waals surface area contributed by atoms with Crippen molar-refractivity contribution < 1.29 is 32.3 Å². The second-order valence-electron chi connectivity index (χ2n) is 6.62. The van der Waals surface area contributed by atoms with Gasteiger partial charge in [-0.25, -0.2) is 0 Å². The SMILES string of the molecule is CC(OC(=O)CNC(=O)c1ccc(C(F)(F)F)cc1)C(=O)N(CCC#N)c1ccccc1. The maximum atomic E-state index is 12.7. The van der Waals surface area contributed by atoms with E-state index in [1.807, 2.05) is 6.07 Å². The molecule has 2 rings (SSSR count). The lowest BCUT2D eigenvalue weighted by molar-refractivity contribution is -0.152. The zero-order valence-corrected chi connectivity index (χ0v) is 17.1. The van der Waals surface area contributed by atoms with Crippen LogP contribution >= 0.6 is 0 Å². The van der Waals surface area contributed by atoms with Crippen LogP contribution in [0.1, 0.15) is 29.3 Å². The van der Waals surface area contributed by atoms with Crippen molar-refractivity contribution in [2.75, 3.05) is 18.0 Å². The van der Waals surface area contributed by atoms with Crippen LogP contribution in [-0.2, 0) is 20.5 Å². The number of rotatable bonds is 8. The Balaban J connectivity index is 1.93. The van der Waals surface area contributed by atoms with Gasteiger partial charge in [-0.1, -0.05) is 18.2 Å². The van der Waals surface area contributed by atoms with E-state index >= 15 is 0 Å². The first-order valence-electron chi connectivity index (χ1n) is 9.51. The molecule has 0 aliphatic carbocycles.